The first-order valence-corrected chi connectivity index (χ1v) is 7.70. The van der Waals surface area contributed by atoms with Crippen LogP contribution in [0.1, 0.15) is 21.5 Å². The van der Waals surface area contributed by atoms with E-state index in [1.54, 1.807) is 6.07 Å². The zero-order valence-corrected chi connectivity index (χ0v) is 13.3. The van der Waals surface area contributed by atoms with E-state index >= 15 is 0 Å². The Morgan fingerprint density at radius 1 is 1.00 bits per heavy atom. The fraction of sp³-hybridized carbons (Fsp3) is 0.0952. The lowest BCUT2D eigenvalue weighted by Crippen LogP contribution is -2.00. The van der Waals surface area contributed by atoms with Gasteiger partial charge in [-0.25, -0.2) is 4.39 Å². The van der Waals surface area contributed by atoms with Crippen molar-refractivity contribution in [2.75, 3.05) is 0 Å². The van der Waals surface area contributed by atoms with Gasteiger partial charge >= 0.3 is 0 Å². The van der Waals surface area contributed by atoms with Crippen molar-refractivity contribution >= 4 is 6.29 Å². The summed E-state index contributed by atoms with van der Waals surface area (Å²) in [5, 5.41) is 0. The quantitative estimate of drug-likeness (QED) is 0.605. The van der Waals surface area contributed by atoms with Crippen LogP contribution in [0, 0.1) is 12.7 Å². The van der Waals surface area contributed by atoms with E-state index in [4.69, 9.17) is 4.74 Å². The molecule has 0 saturated heterocycles. The molecule has 3 aromatic rings. The molecule has 0 N–H and O–H groups in total. The van der Waals surface area contributed by atoms with Crippen LogP contribution in [-0.2, 0) is 6.61 Å². The van der Waals surface area contributed by atoms with Crippen LogP contribution in [0.3, 0.4) is 0 Å². The Balaban J connectivity index is 1.81. The van der Waals surface area contributed by atoms with Crippen molar-refractivity contribution in [1.29, 1.82) is 0 Å². The van der Waals surface area contributed by atoms with Gasteiger partial charge < -0.3 is 4.74 Å². The highest BCUT2D eigenvalue weighted by Gasteiger charge is 2.08. The number of hydrogen-bond donors (Lipinski definition) is 0. The summed E-state index contributed by atoms with van der Waals surface area (Å²) in [5.74, 6) is -0.167. The smallest absolute Gasteiger partial charge is 0.152 e. The molecule has 0 amide bonds. The van der Waals surface area contributed by atoms with Gasteiger partial charge in [0.1, 0.15) is 18.2 Å². The first-order valence-electron chi connectivity index (χ1n) is 7.70. The van der Waals surface area contributed by atoms with Gasteiger partial charge in [-0.2, -0.15) is 0 Å². The van der Waals surface area contributed by atoms with Crippen LogP contribution in [-0.4, -0.2) is 6.29 Å². The average molecular weight is 320 g/mol. The van der Waals surface area contributed by atoms with Crippen LogP contribution in [0.2, 0.25) is 0 Å². The average Bonchev–Trinajstić information content (AvgIpc) is 2.62. The summed E-state index contributed by atoms with van der Waals surface area (Å²) in [5.41, 5.74) is 4.51. The van der Waals surface area contributed by atoms with Crippen LogP contribution in [0.15, 0.2) is 66.7 Å². The van der Waals surface area contributed by atoms with Crippen LogP contribution in [0.5, 0.6) is 5.75 Å². The molecule has 24 heavy (non-hydrogen) atoms. The Hall–Kier alpha value is -2.94. The van der Waals surface area contributed by atoms with Gasteiger partial charge in [-0.05, 0) is 41.3 Å². The van der Waals surface area contributed by atoms with Gasteiger partial charge in [0.15, 0.2) is 6.29 Å². The van der Waals surface area contributed by atoms with Crippen LogP contribution in [0.25, 0.3) is 11.1 Å². The van der Waals surface area contributed by atoms with E-state index in [0.29, 0.717) is 18.6 Å². The molecule has 0 bridgehead atoms. The molecule has 0 atom stereocenters. The SMILES string of the molecule is Cc1c(COc2ccc(C=O)c(F)c2)cccc1-c1ccccc1. The van der Waals surface area contributed by atoms with Crippen molar-refractivity contribution in [3.05, 3.63) is 89.2 Å². The van der Waals surface area contributed by atoms with Gasteiger partial charge in [-0.1, -0.05) is 48.5 Å². The fourth-order valence-corrected chi connectivity index (χ4v) is 2.62. The largest absolute Gasteiger partial charge is 0.489 e. The van der Waals surface area contributed by atoms with Gasteiger partial charge in [0.25, 0.3) is 0 Å². The number of rotatable bonds is 5. The molecule has 0 fully saturated rings. The van der Waals surface area contributed by atoms with E-state index in [1.165, 1.54) is 12.1 Å². The molecular formula is C21H17FO2. The summed E-state index contributed by atoms with van der Waals surface area (Å²) in [6.45, 7) is 2.39. The Kier molecular flexibility index (Phi) is 4.71. The maximum absolute atomic E-state index is 13.6. The van der Waals surface area contributed by atoms with Crippen LogP contribution < -0.4 is 4.74 Å². The van der Waals surface area contributed by atoms with E-state index in [0.717, 1.165) is 22.3 Å². The topological polar surface area (TPSA) is 26.3 Å². The maximum Gasteiger partial charge on any atom is 0.152 e. The lowest BCUT2D eigenvalue weighted by molar-refractivity contribution is 0.111. The zero-order valence-electron chi connectivity index (χ0n) is 13.3. The van der Waals surface area contributed by atoms with Crippen molar-refractivity contribution in [3.8, 4) is 16.9 Å². The number of carbonyl (C=O) groups is 1. The number of carbonyl (C=O) groups excluding carboxylic acids is 1. The first kappa shape index (κ1) is 15.9. The molecule has 0 saturated carbocycles. The summed E-state index contributed by atoms with van der Waals surface area (Å²) in [6.07, 6.45) is 0.493. The number of hydrogen-bond acceptors (Lipinski definition) is 2. The zero-order chi connectivity index (χ0) is 16.9. The minimum absolute atomic E-state index is 0.0320. The monoisotopic (exact) mass is 320 g/mol. The molecule has 120 valence electrons. The van der Waals surface area contributed by atoms with Crippen molar-refractivity contribution in [3.63, 3.8) is 0 Å². The molecule has 0 aliphatic rings. The van der Waals surface area contributed by atoms with E-state index < -0.39 is 5.82 Å². The van der Waals surface area contributed by atoms with Gasteiger partial charge in [0, 0.05) is 6.07 Å². The molecule has 0 spiro atoms. The molecule has 0 unspecified atom stereocenters. The highest BCUT2D eigenvalue weighted by molar-refractivity contribution is 5.75. The van der Waals surface area contributed by atoms with Crippen molar-refractivity contribution < 1.29 is 13.9 Å². The summed E-state index contributed by atoms with van der Waals surface area (Å²) in [7, 11) is 0. The second kappa shape index (κ2) is 7.09. The van der Waals surface area contributed by atoms with Gasteiger partial charge in [0.05, 0.1) is 5.56 Å². The van der Waals surface area contributed by atoms with Gasteiger partial charge in [0.2, 0.25) is 0 Å². The van der Waals surface area contributed by atoms with E-state index in [-0.39, 0.29) is 5.56 Å². The number of ether oxygens (including phenoxy) is 1. The second-order valence-electron chi connectivity index (χ2n) is 5.55. The fourth-order valence-electron chi connectivity index (χ4n) is 2.62. The van der Waals surface area contributed by atoms with Crippen molar-refractivity contribution in [2.24, 2.45) is 0 Å². The van der Waals surface area contributed by atoms with Crippen LogP contribution in [0.4, 0.5) is 4.39 Å². The predicted molar refractivity (Wildman–Crippen MR) is 92.7 cm³/mol. The van der Waals surface area contributed by atoms with E-state index in [9.17, 15) is 9.18 Å². The molecule has 0 aromatic heterocycles. The summed E-state index contributed by atoms with van der Waals surface area (Å²) >= 11 is 0. The van der Waals surface area contributed by atoms with Crippen LogP contribution >= 0.6 is 0 Å². The third kappa shape index (κ3) is 3.35. The highest BCUT2D eigenvalue weighted by atomic mass is 19.1. The molecule has 0 heterocycles. The van der Waals surface area contributed by atoms with Gasteiger partial charge in [-0.3, -0.25) is 4.79 Å². The molecule has 2 nitrogen and oxygen atoms in total. The molecule has 3 heteroatoms. The highest BCUT2D eigenvalue weighted by Crippen LogP contribution is 2.26. The Morgan fingerprint density at radius 3 is 2.50 bits per heavy atom. The molecule has 3 aromatic carbocycles. The second-order valence-corrected chi connectivity index (χ2v) is 5.55. The Bertz CT molecular complexity index is 857. The van der Waals surface area contributed by atoms with Crippen molar-refractivity contribution in [2.45, 2.75) is 13.5 Å². The summed E-state index contributed by atoms with van der Waals surface area (Å²) in [6, 6.07) is 20.5. The number of halogens is 1. The third-order valence-electron chi connectivity index (χ3n) is 4.02. The standard InChI is InChI=1S/C21H17FO2/c1-15-18(8-5-9-20(15)16-6-3-2-4-7-16)14-24-19-11-10-17(13-23)21(22)12-19/h2-13H,14H2,1H3. The summed E-state index contributed by atoms with van der Waals surface area (Å²) in [4.78, 5) is 10.7. The predicted octanol–water partition coefficient (Wildman–Crippen LogP) is 5.19. The molecule has 0 aliphatic heterocycles. The Labute approximate surface area is 140 Å². The lowest BCUT2D eigenvalue weighted by atomic mass is 9.97. The normalized spacial score (nSPS) is 10.4. The van der Waals surface area contributed by atoms with E-state index in [2.05, 4.69) is 25.1 Å². The number of aldehydes is 1. The third-order valence-corrected chi connectivity index (χ3v) is 4.02. The van der Waals surface area contributed by atoms with E-state index in [1.807, 2.05) is 30.3 Å². The lowest BCUT2D eigenvalue weighted by Gasteiger charge is -2.13. The van der Waals surface area contributed by atoms with Crippen molar-refractivity contribution in [1.82, 2.24) is 0 Å². The summed E-state index contributed by atoms with van der Waals surface area (Å²) < 4.78 is 19.3. The number of benzene rings is 3. The van der Waals surface area contributed by atoms with Gasteiger partial charge in [-0.15, -0.1) is 0 Å². The minimum Gasteiger partial charge on any atom is -0.489 e. The Morgan fingerprint density at radius 2 is 1.79 bits per heavy atom. The maximum atomic E-state index is 13.6. The molecule has 0 aliphatic carbocycles. The molecule has 0 radical (unpaired) electrons. The first-order chi connectivity index (χ1) is 11.7. The minimum atomic E-state index is -0.572. The molecular weight excluding hydrogens is 303 g/mol. The molecule has 3 rings (SSSR count).